The predicted octanol–water partition coefficient (Wildman–Crippen LogP) is 2.58. The molecule has 1 aliphatic rings. The molecule has 0 amide bonds. The van der Waals surface area contributed by atoms with Crippen molar-refractivity contribution >= 4 is 0 Å². The summed E-state index contributed by atoms with van der Waals surface area (Å²) in [6, 6.07) is 8.33. The summed E-state index contributed by atoms with van der Waals surface area (Å²) in [5, 5.41) is 9.50. The molecular weight excluding hydrogens is 172 g/mol. The molecule has 1 N–H and O–H groups in total. The number of hydrogen-bond acceptors (Lipinski definition) is 1. The van der Waals surface area contributed by atoms with E-state index in [0.717, 1.165) is 6.42 Å². The van der Waals surface area contributed by atoms with Crippen LogP contribution in [0.1, 0.15) is 24.5 Å². The second-order valence-electron chi connectivity index (χ2n) is 4.05. The van der Waals surface area contributed by atoms with Gasteiger partial charge in [0.1, 0.15) is 0 Å². The maximum atomic E-state index is 9.50. The molecule has 1 fully saturated rings. The van der Waals surface area contributed by atoms with Crippen LogP contribution in [0.5, 0.6) is 0 Å². The molecule has 1 heteroatoms. The summed E-state index contributed by atoms with van der Waals surface area (Å²) in [7, 11) is 0. The zero-order valence-corrected chi connectivity index (χ0v) is 8.75. The molecule has 1 aliphatic carbocycles. The number of aliphatic hydroxyl groups is 1. The smallest absolute Gasteiger partial charge is 0.0568 e. The molecule has 14 heavy (non-hydrogen) atoms. The summed E-state index contributed by atoms with van der Waals surface area (Å²) >= 11 is 0. The van der Waals surface area contributed by atoms with Gasteiger partial charge in [-0.1, -0.05) is 35.9 Å². The first kappa shape index (κ1) is 9.47. The first-order valence-electron chi connectivity index (χ1n) is 5.07. The zero-order chi connectivity index (χ0) is 10.2. The van der Waals surface area contributed by atoms with Gasteiger partial charge in [0.05, 0.1) is 6.61 Å². The number of aryl methyl sites for hydroxylation is 1. The summed E-state index contributed by atoms with van der Waals surface area (Å²) in [5.74, 6) is 0. The largest absolute Gasteiger partial charge is 0.395 e. The fourth-order valence-electron chi connectivity index (χ4n) is 2.28. The lowest BCUT2D eigenvalue weighted by atomic mass is 9.92. The third kappa shape index (κ3) is 1.20. The molecule has 0 saturated heterocycles. The number of rotatable bonds is 2. The van der Waals surface area contributed by atoms with Gasteiger partial charge < -0.3 is 5.11 Å². The first-order valence-corrected chi connectivity index (χ1v) is 5.07. The van der Waals surface area contributed by atoms with Crippen molar-refractivity contribution in [2.24, 2.45) is 0 Å². The van der Waals surface area contributed by atoms with Crippen LogP contribution in [0, 0.1) is 6.92 Å². The van der Waals surface area contributed by atoms with E-state index in [4.69, 9.17) is 0 Å². The van der Waals surface area contributed by atoms with Crippen LogP contribution < -0.4 is 0 Å². The minimum absolute atomic E-state index is 0.0416. The third-order valence-corrected chi connectivity index (χ3v) is 3.26. The van der Waals surface area contributed by atoms with E-state index in [1.54, 1.807) is 0 Å². The van der Waals surface area contributed by atoms with Crippen LogP contribution in [0.15, 0.2) is 35.9 Å². The van der Waals surface area contributed by atoms with Gasteiger partial charge >= 0.3 is 0 Å². The molecule has 0 aliphatic heterocycles. The van der Waals surface area contributed by atoms with Gasteiger partial charge in [-0.05, 0) is 31.4 Å². The second-order valence-corrected chi connectivity index (χ2v) is 4.05. The Bertz CT molecular complexity index is 379. The number of benzene rings is 1. The van der Waals surface area contributed by atoms with Crippen molar-refractivity contribution in [3.63, 3.8) is 0 Å². The summed E-state index contributed by atoms with van der Waals surface area (Å²) < 4.78 is 0. The van der Waals surface area contributed by atoms with Crippen LogP contribution in [0.4, 0.5) is 0 Å². The van der Waals surface area contributed by atoms with Gasteiger partial charge in [0.25, 0.3) is 0 Å². The normalized spacial score (nSPS) is 28.1. The van der Waals surface area contributed by atoms with Crippen LogP contribution >= 0.6 is 0 Å². The molecule has 0 bridgehead atoms. The Kier molecular flexibility index (Phi) is 2.20. The van der Waals surface area contributed by atoms with E-state index in [2.05, 4.69) is 25.1 Å². The molecule has 1 nitrogen and oxygen atoms in total. The number of hydrogen-bond donors (Lipinski definition) is 1. The molecule has 1 atom stereocenters. The van der Waals surface area contributed by atoms with E-state index in [1.807, 2.05) is 19.1 Å². The number of aliphatic hydroxyl groups excluding tert-OH is 1. The summed E-state index contributed by atoms with van der Waals surface area (Å²) in [5.41, 5.74) is 3.89. The lowest BCUT2D eigenvalue weighted by Gasteiger charge is -2.14. The molecule has 2 rings (SSSR count). The molecule has 74 valence electrons. The molecular formula is C13H16O. The average molecular weight is 188 g/mol. The summed E-state index contributed by atoms with van der Waals surface area (Å²) in [6.45, 7) is 4.39. The highest BCUT2D eigenvalue weighted by atomic mass is 16.3. The maximum Gasteiger partial charge on any atom is 0.0568 e. The van der Waals surface area contributed by atoms with Crippen molar-refractivity contribution < 1.29 is 5.11 Å². The van der Waals surface area contributed by atoms with E-state index in [0.29, 0.717) is 0 Å². The van der Waals surface area contributed by atoms with Crippen molar-refractivity contribution in [1.29, 1.82) is 0 Å². The van der Waals surface area contributed by atoms with E-state index in [1.165, 1.54) is 16.7 Å². The Balaban J connectivity index is 2.45. The summed E-state index contributed by atoms with van der Waals surface area (Å²) in [6.07, 6.45) is 3.15. The maximum absolute atomic E-state index is 9.50. The molecule has 1 saturated carbocycles. The Morgan fingerprint density at radius 3 is 2.64 bits per heavy atom. The Morgan fingerprint density at radius 1 is 1.43 bits per heavy atom. The SMILES string of the molecule is C/C=C1\C[C@@]1(CO)c1ccccc1C. The van der Waals surface area contributed by atoms with Crippen molar-refractivity contribution in [1.82, 2.24) is 0 Å². The standard InChI is InChI=1S/C13H16O/c1-3-11-8-13(11,9-14)12-7-5-4-6-10(12)2/h3-7,14H,8-9H2,1-2H3/b11-3+/t13-/m0/s1. The van der Waals surface area contributed by atoms with Crippen LogP contribution in [-0.4, -0.2) is 11.7 Å². The first-order chi connectivity index (χ1) is 6.74. The second kappa shape index (κ2) is 3.25. The monoisotopic (exact) mass is 188 g/mol. The van der Waals surface area contributed by atoms with E-state index < -0.39 is 0 Å². The minimum Gasteiger partial charge on any atom is -0.395 e. The van der Waals surface area contributed by atoms with Crippen LogP contribution in [-0.2, 0) is 5.41 Å². The molecule has 0 radical (unpaired) electrons. The predicted molar refractivity (Wildman–Crippen MR) is 58.3 cm³/mol. The Hall–Kier alpha value is -1.08. The van der Waals surface area contributed by atoms with Gasteiger partial charge in [-0.25, -0.2) is 0 Å². The van der Waals surface area contributed by atoms with Gasteiger partial charge in [0, 0.05) is 5.41 Å². The molecule has 0 aromatic heterocycles. The van der Waals surface area contributed by atoms with Crippen LogP contribution in [0.2, 0.25) is 0 Å². The molecule has 1 aromatic rings. The highest BCUT2D eigenvalue weighted by Gasteiger charge is 2.49. The lowest BCUT2D eigenvalue weighted by Crippen LogP contribution is -2.14. The Morgan fingerprint density at radius 2 is 2.14 bits per heavy atom. The fourth-order valence-corrected chi connectivity index (χ4v) is 2.28. The topological polar surface area (TPSA) is 20.2 Å². The molecule has 0 spiro atoms. The Labute approximate surface area is 85.1 Å². The van der Waals surface area contributed by atoms with Gasteiger partial charge in [0.2, 0.25) is 0 Å². The highest BCUT2D eigenvalue weighted by molar-refractivity contribution is 5.52. The van der Waals surface area contributed by atoms with Gasteiger partial charge in [-0.15, -0.1) is 0 Å². The van der Waals surface area contributed by atoms with E-state index >= 15 is 0 Å². The van der Waals surface area contributed by atoms with E-state index in [9.17, 15) is 5.11 Å². The average Bonchev–Trinajstić information content (AvgIpc) is 2.93. The van der Waals surface area contributed by atoms with Crippen molar-refractivity contribution in [3.8, 4) is 0 Å². The minimum atomic E-state index is -0.0416. The highest BCUT2D eigenvalue weighted by Crippen LogP contribution is 2.54. The van der Waals surface area contributed by atoms with Crippen molar-refractivity contribution in [3.05, 3.63) is 47.0 Å². The van der Waals surface area contributed by atoms with Crippen molar-refractivity contribution in [2.45, 2.75) is 25.7 Å². The number of allylic oxidation sites excluding steroid dienone is 1. The zero-order valence-electron chi connectivity index (χ0n) is 8.75. The molecule has 1 aromatic carbocycles. The lowest BCUT2D eigenvalue weighted by molar-refractivity contribution is 0.260. The molecule has 0 heterocycles. The third-order valence-electron chi connectivity index (χ3n) is 3.26. The van der Waals surface area contributed by atoms with Gasteiger partial charge in [0.15, 0.2) is 0 Å². The van der Waals surface area contributed by atoms with Crippen LogP contribution in [0.25, 0.3) is 0 Å². The van der Waals surface area contributed by atoms with Crippen molar-refractivity contribution in [2.75, 3.05) is 6.61 Å². The van der Waals surface area contributed by atoms with Crippen LogP contribution in [0.3, 0.4) is 0 Å². The van der Waals surface area contributed by atoms with E-state index in [-0.39, 0.29) is 12.0 Å². The van der Waals surface area contributed by atoms with Gasteiger partial charge in [-0.2, -0.15) is 0 Å². The van der Waals surface area contributed by atoms with Gasteiger partial charge in [-0.3, -0.25) is 0 Å². The summed E-state index contributed by atoms with van der Waals surface area (Å²) in [4.78, 5) is 0. The fraction of sp³-hybridized carbons (Fsp3) is 0.385. The quantitative estimate of drug-likeness (QED) is 0.707. The molecule has 0 unspecified atom stereocenters.